The van der Waals surface area contributed by atoms with Gasteiger partial charge in [-0.1, -0.05) is 29.8 Å². The van der Waals surface area contributed by atoms with Gasteiger partial charge in [0.25, 0.3) is 10.0 Å². The summed E-state index contributed by atoms with van der Waals surface area (Å²) < 4.78 is 37.2. The molecule has 0 spiro atoms. The summed E-state index contributed by atoms with van der Waals surface area (Å²) in [5.74, 6) is 0. The molecule has 2 aromatic carbocycles. The van der Waals surface area contributed by atoms with E-state index in [2.05, 4.69) is 0 Å². The smallest absolute Gasteiger partial charge is 0.278 e. The Bertz CT molecular complexity index is 736. The summed E-state index contributed by atoms with van der Waals surface area (Å²) >= 11 is 10.5. The molecule has 112 valence electrons. The number of rotatable bonds is 4. The predicted molar refractivity (Wildman–Crippen MR) is 85.7 cm³/mol. The number of halogens is 2. The normalized spacial score (nSPS) is 13.0. The lowest BCUT2D eigenvalue weighted by Gasteiger charge is -2.19. The fourth-order valence-corrected chi connectivity index (χ4v) is 4.14. The third-order valence-electron chi connectivity index (χ3n) is 2.67. The van der Waals surface area contributed by atoms with E-state index >= 15 is 0 Å². The van der Waals surface area contributed by atoms with Gasteiger partial charge >= 0.3 is 0 Å². The van der Waals surface area contributed by atoms with Gasteiger partial charge < -0.3 is 4.55 Å². The zero-order valence-electron chi connectivity index (χ0n) is 10.9. The highest BCUT2D eigenvalue weighted by Gasteiger charge is 2.28. The Labute approximate surface area is 136 Å². The van der Waals surface area contributed by atoms with E-state index in [-0.39, 0.29) is 15.5 Å². The molecule has 0 saturated carbocycles. The second-order valence-electron chi connectivity index (χ2n) is 4.10. The lowest BCUT2D eigenvalue weighted by Crippen LogP contribution is -2.23. The van der Waals surface area contributed by atoms with Crippen molar-refractivity contribution in [1.82, 2.24) is 0 Å². The Morgan fingerprint density at radius 3 is 2.33 bits per heavy atom. The fourth-order valence-electron chi connectivity index (χ4n) is 1.69. The van der Waals surface area contributed by atoms with Gasteiger partial charge in [0.2, 0.25) is 0 Å². The van der Waals surface area contributed by atoms with Gasteiger partial charge in [-0.05, 0) is 41.5 Å². The third-order valence-corrected chi connectivity index (χ3v) is 6.09. The molecule has 0 amide bonds. The Hall–Kier alpha value is -0.920. The average Bonchev–Trinajstić information content (AvgIpc) is 2.46. The molecule has 21 heavy (non-hydrogen) atoms. The second kappa shape index (κ2) is 6.46. The van der Waals surface area contributed by atoms with Crippen LogP contribution in [-0.2, 0) is 21.2 Å². The highest BCUT2D eigenvalue weighted by atomic mass is 35.5. The van der Waals surface area contributed by atoms with Crippen LogP contribution in [-0.4, -0.2) is 19.2 Å². The molecule has 0 fully saturated rings. The van der Waals surface area contributed by atoms with Crippen LogP contribution in [0.25, 0.3) is 0 Å². The first kappa shape index (κ1) is 16.5. The van der Waals surface area contributed by atoms with Gasteiger partial charge in [0.05, 0.1) is 4.90 Å². The molecule has 1 atom stereocenters. The molecule has 0 saturated heterocycles. The van der Waals surface area contributed by atoms with E-state index in [1.807, 2.05) is 0 Å². The van der Waals surface area contributed by atoms with Crippen LogP contribution in [0.3, 0.4) is 0 Å². The third kappa shape index (κ3) is 3.46. The first-order valence-corrected chi connectivity index (χ1v) is 9.44. The van der Waals surface area contributed by atoms with Gasteiger partial charge in [0, 0.05) is 16.8 Å². The Morgan fingerprint density at radius 1 is 1.14 bits per heavy atom. The Balaban J connectivity index is 2.54. The van der Waals surface area contributed by atoms with E-state index in [9.17, 15) is 13.0 Å². The number of hydrogen-bond acceptors (Lipinski definition) is 3. The largest absolute Gasteiger partial charge is 0.612 e. The molecular weight excluding hydrogens is 353 g/mol. The van der Waals surface area contributed by atoms with Gasteiger partial charge in [-0.15, -0.1) is 0 Å². The molecular formula is C13H11Cl2NO3S2. The molecule has 0 aromatic heterocycles. The van der Waals surface area contributed by atoms with Gasteiger partial charge in [0.1, 0.15) is 11.9 Å². The number of nitrogens with zero attached hydrogens (tertiary/aromatic N) is 1. The van der Waals surface area contributed by atoms with Crippen molar-refractivity contribution in [1.29, 1.82) is 0 Å². The quantitative estimate of drug-likeness (QED) is 0.617. The average molecular weight is 364 g/mol. The summed E-state index contributed by atoms with van der Waals surface area (Å²) in [7, 11) is -3.96. The summed E-state index contributed by atoms with van der Waals surface area (Å²) in [6, 6.07) is 12.1. The molecule has 0 aliphatic rings. The van der Waals surface area contributed by atoms with Crippen LogP contribution in [0.1, 0.15) is 0 Å². The van der Waals surface area contributed by atoms with E-state index in [1.54, 1.807) is 18.2 Å². The van der Waals surface area contributed by atoms with Crippen LogP contribution in [0.2, 0.25) is 5.02 Å². The van der Waals surface area contributed by atoms with E-state index in [0.717, 1.165) is 0 Å². The Kier molecular flexibility index (Phi) is 5.06. The summed E-state index contributed by atoms with van der Waals surface area (Å²) in [4.78, 5) is 0.321. The summed E-state index contributed by atoms with van der Waals surface area (Å²) in [6.45, 7) is 0. The van der Waals surface area contributed by atoms with Gasteiger partial charge in [-0.2, -0.15) is 12.2 Å². The molecule has 0 heterocycles. The second-order valence-corrected chi connectivity index (χ2v) is 8.21. The molecule has 2 rings (SSSR count). The number of hydrogen-bond donors (Lipinski definition) is 0. The molecule has 4 nitrogen and oxygen atoms in total. The zero-order chi connectivity index (χ0) is 15.6. The fraction of sp³-hybridized carbons (Fsp3) is 0.0769. The van der Waals surface area contributed by atoms with Crippen LogP contribution in [0.4, 0.5) is 5.69 Å². The molecule has 0 radical (unpaired) electrons. The van der Waals surface area contributed by atoms with Crippen molar-refractivity contribution in [3.8, 4) is 0 Å². The highest BCUT2D eigenvalue weighted by molar-refractivity contribution is 7.94. The summed E-state index contributed by atoms with van der Waals surface area (Å²) in [5.41, 5.74) is 0.0776. The lowest BCUT2D eigenvalue weighted by atomic mass is 10.3. The maximum atomic E-state index is 12.5. The van der Waals surface area contributed by atoms with Crippen LogP contribution < -0.4 is 3.82 Å². The van der Waals surface area contributed by atoms with Gasteiger partial charge in [0.15, 0.2) is 4.90 Å². The van der Waals surface area contributed by atoms with E-state index in [1.165, 1.54) is 36.6 Å². The molecule has 0 aliphatic heterocycles. The van der Waals surface area contributed by atoms with Crippen LogP contribution in [0, 0.1) is 0 Å². The standard InChI is InChI=1S/C13H11Cl2NO3S2/c1-20(17)13-8-7-10(14)9-12(13)16(15)21(18,19)11-5-3-2-4-6-11/h2-9H,1H3. The van der Waals surface area contributed by atoms with Crippen molar-refractivity contribution in [2.24, 2.45) is 0 Å². The zero-order valence-corrected chi connectivity index (χ0v) is 14.0. The minimum atomic E-state index is -3.96. The number of anilines is 1. The van der Waals surface area contributed by atoms with Gasteiger partial charge in [-0.3, -0.25) is 0 Å². The van der Waals surface area contributed by atoms with Crippen molar-refractivity contribution < 1.29 is 13.0 Å². The first-order chi connectivity index (χ1) is 9.84. The number of sulfonamides is 1. The highest BCUT2D eigenvalue weighted by Crippen LogP contribution is 2.33. The summed E-state index contributed by atoms with van der Waals surface area (Å²) in [6.07, 6.45) is 1.44. The van der Waals surface area contributed by atoms with Crippen molar-refractivity contribution in [3.63, 3.8) is 0 Å². The predicted octanol–water partition coefficient (Wildman–Crippen LogP) is 3.43. The van der Waals surface area contributed by atoms with Crippen molar-refractivity contribution in [2.75, 3.05) is 10.1 Å². The van der Waals surface area contributed by atoms with E-state index in [0.29, 0.717) is 8.85 Å². The van der Waals surface area contributed by atoms with E-state index < -0.39 is 21.2 Å². The minimum Gasteiger partial charge on any atom is -0.612 e. The molecule has 1 unspecified atom stereocenters. The molecule has 0 N–H and O–H groups in total. The minimum absolute atomic E-state index is 0.0350. The monoisotopic (exact) mass is 363 g/mol. The van der Waals surface area contributed by atoms with Crippen LogP contribution in [0.5, 0.6) is 0 Å². The maximum Gasteiger partial charge on any atom is 0.278 e. The SMILES string of the molecule is C[S+]([O-])c1ccc(Cl)cc1N(Cl)S(=O)(=O)c1ccccc1. The van der Waals surface area contributed by atoms with Gasteiger partial charge in [-0.25, -0.2) is 0 Å². The topological polar surface area (TPSA) is 60.4 Å². The Morgan fingerprint density at radius 2 is 1.76 bits per heavy atom. The maximum absolute atomic E-state index is 12.5. The van der Waals surface area contributed by atoms with Crippen molar-refractivity contribution >= 4 is 50.3 Å². The van der Waals surface area contributed by atoms with Crippen molar-refractivity contribution in [2.45, 2.75) is 9.79 Å². The van der Waals surface area contributed by atoms with E-state index in [4.69, 9.17) is 23.4 Å². The summed E-state index contributed by atoms with van der Waals surface area (Å²) in [5, 5.41) is 0.299. The lowest BCUT2D eigenvalue weighted by molar-refractivity contribution is 0.597. The van der Waals surface area contributed by atoms with Crippen molar-refractivity contribution in [3.05, 3.63) is 53.6 Å². The molecule has 0 aliphatic carbocycles. The van der Waals surface area contributed by atoms with Crippen LogP contribution in [0.15, 0.2) is 58.3 Å². The number of benzene rings is 2. The molecule has 0 bridgehead atoms. The van der Waals surface area contributed by atoms with Crippen LogP contribution >= 0.6 is 23.4 Å². The molecule has 8 heteroatoms. The first-order valence-electron chi connectivity index (χ1n) is 5.73. The molecule has 2 aromatic rings.